The minimum Gasteiger partial charge on any atom is -0.474 e. The van der Waals surface area contributed by atoms with Gasteiger partial charge in [-0.2, -0.15) is 0 Å². The fraction of sp³-hybridized carbons (Fsp3) is 0.917. The monoisotopic (exact) mass is 322 g/mol. The normalized spacial score (nSPS) is 31.1. The van der Waals surface area contributed by atoms with Crippen molar-refractivity contribution in [1.82, 2.24) is 0 Å². The van der Waals surface area contributed by atoms with E-state index in [0.717, 1.165) is 23.3 Å². The third-order valence-electron chi connectivity index (χ3n) is 4.13. The van der Waals surface area contributed by atoms with Crippen molar-refractivity contribution in [1.29, 1.82) is 0 Å². The van der Waals surface area contributed by atoms with E-state index in [-0.39, 0.29) is 0 Å². The van der Waals surface area contributed by atoms with E-state index < -0.39 is 8.80 Å². The molecule has 1 saturated heterocycles. The molecular weight excluding hydrogens is 300 g/mol. The zero-order chi connectivity index (χ0) is 13.9. The van der Waals surface area contributed by atoms with Crippen molar-refractivity contribution >= 4 is 37.2 Å². The molecular formula is C12H22O4S2Si. The Hall–Kier alpha value is 0.337. The molecule has 7 heteroatoms. The van der Waals surface area contributed by atoms with Gasteiger partial charge in [0.25, 0.3) is 0 Å². The van der Waals surface area contributed by atoms with Crippen LogP contribution in [0.25, 0.3) is 0 Å². The molecule has 0 aromatic carbocycles. The predicted octanol–water partition coefficient (Wildman–Crippen LogP) is 2.84. The first-order chi connectivity index (χ1) is 9.12. The highest BCUT2D eigenvalue weighted by Crippen LogP contribution is 2.42. The molecule has 3 unspecified atom stereocenters. The molecule has 4 nitrogen and oxygen atoms in total. The number of hydrogen-bond donors (Lipinski definition) is 0. The van der Waals surface area contributed by atoms with E-state index in [0.29, 0.717) is 17.3 Å². The highest BCUT2D eigenvalue weighted by atomic mass is 32.2. The molecule has 19 heavy (non-hydrogen) atoms. The van der Waals surface area contributed by atoms with Crippen molar-refractivity contribution in [2.75, 3.05) is 21.3 Å². The lowest BCUT2D eigenvalue weighted by atomic mass is 9.85. The second kappa shape index (κ2) is 6.86. The molecule has 2 aliphatic rings. The molecule has 1 aliphatic carbocycles. The average molecular weight is 323 g/mol. The quantitative estimate of drug-likeness (QED) is 0.553. The van der Waals surface area contributed by atoms with Gasteiger partial charge in [-0.1, -0.05) is 11.8 Å². The van der Waals surface area contributed by atoms with Gasteiger partial charge in [-0.15, -0.1) is 0 Å². The summed E-state index contributed by atoms with van der Waals surface area (Å²) in [6.07, 6.45) is 4.93. The van der Waals surface area contributed by atoms with E-state index in [9.17, 15) is 0 Å². The minimum atomic E-state index is -2.42. The van der Waals surface area contributed by atoms with Gasteiger partial charge < -0.3 is 18.0 Å². The van der Waals surface area contributed by atoms with Gasteiger partial charge in [0.05, 0.1) is 5.25 Å². The van der Waals surface area contributed by atoms with Crippen LogP contribution in [0.2, 0.25) is 6.04 Å². The Morgan fingerprint density at radius 1 is 1.26 bits per heavy atom. The van der Waals surface area contributed by atoms with Crippen LogP contribution in [0.15, 0.2) is 0 Å². The maximum Gasteiger partial charge on any atom is 0.500 e. The highest BCUT2D eigenvalue weighted by Gasteiger charge is 2.42. The fourth-order valence-electron chi connectivity index (χ4n) is 2.92. The predicted molar refractivity (Wildman–Crippen MR) is 82.4 cm³/mol. The first kappa shape index (κ1) is 15.7. The molecule has 2 fully saturated rings. The lowest BCUT2D eigenvalue weighted by Gasteiger charge is -2.31. The van der Waals surface area contributed by atoms with Gasteiger partial charge in [0.1, 0.15) is 6.10 Å². The summed E-state index contributed by atoms with van der Waals surface area (Å²) in [4.78, 5) is 0. The summed E-state index contributed by atoms with van der Waals surface area (Å²) in [5.41, 5.74) is 0. The summed E-state index contributed by atoms with van der Waals surface area (Å²) >= 11 is 6.87. The summed E-state index contributed by atoms with van der Waals surface area (Å²) in [6.45, 7) is 0. The molecule has 2 rings (SSSR count). The zero-order valence-corrected chi connectivity index (χ0v) is 14.4. The third kappa shape index (κ3) is 3.71. The van der Waals surface area contributed by atoms with Crippen LogP contribution in [-0.4, -0.2) is 45.9 Å². The van der Waals surface area contributed by atoms with Crippen molar-refractivity contribution < 1.29 is 18.0 Å². The molecule has 0 spiro atoms. The molecule has 0 aromatic heterocycles. The highest BCUT2D eigenvalue weighted by molar-refractivity contribution is 8.23. The van der Waals surface area contributed by atoms with Crippen LogP contribution in [0.1, 0.15) is 25.7 Å². The van der Waals surface area contributed by atoms with Crippen LogP contribution in [0, 0.1) is 5.92 Å². The molecule has 0 aromatic rings. The van der Waals surface area contributed by atoms with Crippen molar-refractivity contribution in [2.24, 2.45) is 5.92 Å². The van der Waals surface area contributed by atoms with Crippen molar-refractivity contribution in [3.63, 3.8) is 0 Å². The molecule has 0 bridgehead atoms. The number of hydrogen-bond acceptors (Lipinski definition) is 6. The maximum absolute atomic E-state index is 5.72. The Morgan fingerprint density at radius 3 is 2.58 bits per heavy atom. The van der Waals surface area contributed by atoms with Gasteiger partial charge in [-0.25, -0.2) is 0 Å². The maximum atomic E-state index is 5.72. The van der Waals surface area contributed by atoms with E-state index in [1.165, 1.54) is 12.8 Å². The second-order valence-corrected chi connectivity index (χ2v) is 10.0. The summed E-state index contributed by atoms with van der Waals surface area (Å²) < 4.78 is 22.9. The molecule has 0 amide bonds. The van der Waals surface area contributed by atoms with Gasteiger partial charge in [-0.05, 0) is 43.8 Å². The average Bonchev–Trinajstić information content (AvgIpc) is 2.80. The zero-order valence-electron chi connectivity index (χ0n) is 11.7. The number of ether oxygens (including phenoxy) is 1. The summed E-state index contributed by atoms with van der Waals surface area (Å²) in [5.74, 6) is 0.662. The Morgan fingerprint density at radius 2 is 1.95 bits per heavy atom. The number of thiocarbonyl (C=S) groups is 1. The standard InChI is InChI=1S/C12H22O4S2Si/c1-13-19(14-2,15-3)7-6-9-4-5-11-10(8-9)16-12(17)18-11/h9-11H,4-8H2,1-3H3. The summed E-state index contributed by atoms with van der Waals surface area (Å²) in [5, 5.41) is 0.582. The topological polar surface area (TPSA) is 36.9 Å². The second-order valence-electron chi connectivity index (χ2n) is 5.08. The Bertz CT molecular complexity index is 317. The molecule has 0 radical (unpaired) electrons. The fourth-order valence-corrected chi connectivity index (χ4v) is 6.28. The van der Waals surface area contributed by atoms with Crippen LogP contribution in [-0.2, 0) is 18.0 Å². The van der Waals surface area contributed by atoms with Gasteiger partial charge in [0, 0.05) is 27.4 Å². The summed E-state index contributed by atoms with van der Waals surface area (Å²) in [6, 6.07) is 0.871. The van der Waals surface area contributed by atoms with E-state index in [2.05, 4.69) is 0 Å². The molecule has 1 heterocycles. The molecule has 110 valence electrons. The Kier molecular flexibility index (Phi) is 5.68. The lowest BCUT2D eigenvalue weighted by Crippen LogP contribution is -2.43. The van der Waals surface area contributed by atoms with Crippen molar-refractivity contribution in [3.05, 3.63) is 0 Å². The molecule has 0 N–H and O–H groups in total. The minimum absolute atomic E-state index is 0.319. The lowest BCUT2D eigenvalue weighted by molar-refractivity contribution is 0.111. The van der Waals surface area contributed by atoms with Gasteiger partial charge in [-0.3, -0.25) is 0 Å². The van der Waals surface area contributed by atoms with Gasteiger partial charge in [0.15, 0.2) is 0 Å². The molecule has 1 aliphatic heterocycles. The first-order valence-electron chi connectivity index (χ1n) is 6.65. The number of rotatable bonds is 6. The smallest absolute Gasteiger partial charge is 0.474 e. The van der Waals surface area contributed by atoms with E-state index >= 15 is 0 Å². The van der Waals surface area contributed by atoms with Gasteiger partial charge in [0.2, 0.25) is 4.38 Å². The van der Waals surface area contributed by atoms with Crippen molar-refractivity contribution in [2.45, 2.75) is 43.1 Å². The van der Waals surface area contributed by atoms with E-state index in [4.69, 9.17) is 30.2 Å². The van der Waals surface area contributed by atoms with Crippen LogP contribution in [0.4, 0.5) is 0 Å². The van der Waals surface area contributed by atoms with Crippen LogP contribution < -0.4 is 0 Å². The number of fused-ring (bicyclic) bond motifs is 1. The largest absolute Gasteiger partial charge is 0.500 e. The SMILES string of the molecule is CO[Si](CCC1CCC2SC(=S)OC2C1)(OC)OC. The van der Waals surface area contributed by atoms with Crippen LogP contribution in [0.5, 0.6) is 0 Å². The molecule has 3 atom stereocenters. The summed E-state index contributed by atoms with van der Waals surface area (Å²) in [7, 11) is 2.60. The first-order valence-corrected chi connectivity index (χ1v) is 9.87. The third-order valence-corrected chi connectivity index (χ3v) is 8.41. The van der Waals surface area contributed by atoms with Crippen LogP contribution >= 0.6 is 24.0 Å². The Balaban J connectivity index is 1.82. The molecule has 1 saturated carbocycles. The van der Waals surface area contributed by atoms with E-state index in [1.807, 2.05) is 0 Å². The number of thioether (sulfide) groups is 1. The van der Waals surface area contributed by atoms with Crippen molar-refractivity contribution in [3.8, 4) is 0 Å². The van der Waals surface area contributed by atoms with E-state index in [1.54, 1.807) is 33.1 Å². The Labute approximate surface area is 125 Å². The van der Waals surface area contributed by atoms with Gasteiger partial charge >= 0.3 is 8.80 Å². The van der Waals surface area contributed by atoms with Crippen LogP contribution in [0.3, 0.4) is 0 Å².